The Balaban J connectivity index is 1.70. The summed E-state index contributed by atoms with van der Waals surface area (Å²) in [6.45, 7) is 4.48. The largest absolute Gasteiger partial charge is 0.491 e. The van der Waals surface area contributed by atoms with Gasteiger partial charge in [0.25, 0.3) is 0 Å². The highest BCUT2D eigenvalue weighted by atomic mass is 32.2. The summed E-state index contributed by atoms with van der Waals surface area (Å²) in [6, 6.07) is 7.34. The summed E-state index contributed by atoms with van der Waals surface area (Å²) in [6.07, 6.45) is 1.96. The quantitative estimate of drug-likeness (QED) is 0.771. The van der Waals surface area contributed by atoms with E-state index in [1.807, 2.05) is 13.0 Å². The summed E-state index contributed by atoms with van der Waals surface area (Å²) >= 11 is 0. The zero-order valence-corrected chi connectivity index (χ0v) is 15.5. The maximum absolute atomic E-state index is 14.0. The molecule has 1 fully saturated rings. The van der Waals surface area contributed by atoms with Crippen LogP contribution >= 0.6 is 0 Å². The first-order valence-corrected chi connectivity index (χ1v) is 9.86. The van der Waals surface area contributed by atoms with E-state index in [4.69, 9.17) is 9.47 Å². The number of rotatable bonds is 6. The molecule has 2 heterocycles. The Morgan fingerprint density at radius 3 is 2.77 bits per heavy atom. The fraction of sp³-hybridized carbons (Fsp3) is 0.389. The molecule has 26 heavy (non-hydrogen) atoms. The number of aryl methyl sites for hydroxylation is 1. The van der Waals surface area contributed by atoms with Gasteiger partial charge in [0.2, 0.25) is 15.9 Å². The normalized spacial score (nSPS) is 18.0. The molecule has 0 aliphatic carbocycles. The van der Waals surface area contributed by atoms with Crippen LogP contribution in [0.4, 0.5) is 4.39 Å². The van der Waals surface area contributed by atoms with Crippen LogP contribution in [0, 0.1) is 12.7 Å². The highest BCUT2D eigenvalue weighted by molar-refractivity contribution is 7.89. The van der Waals surface area contributed by atoms with Gasteiger partial charge in [-0.15, -0.1) is 0 Å². The van der Waals surface area contributed by atoms with Gasteiger partial charge in [-0.1, -0.05) is 6.07 Å². The van der Waals surface area contributed by atoms with Crippen molar-refractivity contribution in [1.82, 2.24) is 9.29 Å². The minimum Gasteiger partial charge on any atom is -0.491 e. The summed E-state index contributed by atoms with van der Waals surface area (Å²) in [5, 5.41) is 0. The molecule has 0 saturated carbocycles. The number of aromatic nitrogens is 1. The standard InChI is InChI=1S/C18H21FN2O4S/c1-3-24-17-6-5-15(10-16(17)19)26(22,23)21-9-8-14(12-21)25-18-7-4-13(2)11-20-18/h4-7,10-11,14H,3,8-9,12H2,1-2H3/t14-/m1/s1. The van der Waals surface area contributed by atoms with Crippen molar-refractivity contribution in [2.75, 3.05) is 19.7 Å². The van der Waals surface area contributed by atoms with Crippen molar-refractivity contribution in [3.05, 3.63) is 47.9 Å². The lowest BCUT2D eigenvalue weighted by Crippen LogP contribution is -2.31. The van der Waals surface area contributed by atoms with Gasteiger partial charge < -0.3 is 9.47 Å². The molecule has 8 heteroatoms. The number of pyridine rings is 1. The number of ether oxygens (including phenoxy) is 2. The van der Waals surface area contributed by atoms with Crippen molar-refractivity contribution in [3.8, 4) is 11.6 Å². The Bertz CT molecular complexity index is 871. The molecule has 140 valence electrons. The number of sulfonamides is 1. The van der Waals surface area contributed by atoms with Gasteiger partial charge in [-0.2, -0.15) is 4.31 Å². The third kappa shape index (κ3) is 3.96. The zero-order valence-electron chi connectivity index (χ0n) is 14.7. The fourth-order valence-corrected chi connectivity index (χ4v) is 4.27. The van der Waals surface area contributed by atoms with Gasteiger partial charge in [-0.05, 0) is 44.0 Å². The highest BCUT2D eigenvalue weighted by Gasteiger charge is 2.34. The second-order valence-electron chi connectivity index (χ2n) is 6.09. The van der Waals surface area contributed by atoms with Crippen LogP contribution in [-0.4, -0.2) is 43.5 Å². The third-order valence-electron chi connectivity index (χ3n) is 4.12. The van der Waals surface area contributed by atoms with Crippen LogP contribution in [0.2, 0.25) is 0 Å². The van der Waals surface area contributed by atoms with Crippen molar-refractivity contribution < 1.29 is 22.3 Å². The van der Waals surface area contributed by atoms with Gasteiger partial charge in [-0.25, -0.2) is 17.8 Å². The first-order valence-electron chi connectivity index (χ1n) is 8.42. The second kappa shape index (κ2) is 7.59. The Hall–Kier alpha value is -2.19. The Morgan fingerprint density at radius 1 is 1.31 bits per heavy atom. The lowest BCUT2D eigenvalue weighted by atomic mass is 10.3. The molecule has 1 atom stereocenters. The molecular formula is C18H21FN2O4S. The number of hydrogen-bond donors (Lipinski definition) is 0. The Labute approximate surface area is 152 Å². The van der Waals surface area contributed by atoms with E-state index < -0.39 is 15.8 Å². The molecule has 0 unspecified atom stereocenters. The Morgan fingerprint density at radius 2 is 2.12 bits per heavy atom. The van der Waals surface area contributed by atoms with E-state index in [1.165, 1.54) is 16.4 Å². The molecule has 6 nitrogen and oxygen atoms in total. The number of hydrogen-bond acceptors (Lipinski definition) is 5. The maximum atomic E-state index is 14.0. The van der Waals surface area contributed by atoms with E-state index in [0.29, 0.717) is 25.5 Å². The molecular weight excluding hydrogens is 359 g/mol. The second-order valence-corrected chi connectivity index (χ2v) is 8.03. The minimum atomic E-state index is -3.79. The average molecular weight is 380 g/mol. The predicted molar refractivity (Wildman–Crippen MR) is 94.3 cm³/mol. The van der Waals surface area contributed by atoms with Crippen molar-refractivity contribution in [2.24, 2.45) is 0 Å². The number of benzene rings is 1. The zero-order chi connectivity index (χ0) is 18.7. The lowest BCUT2D eigenvalue weighted by Gasteiger charge is -2.17. The first kappa shape index (κ1) is 18.6. The van der Waals surface area contributed by atoms with Gasteiger partial charge in [0, 0.05) is 18.8 Å². The van der Waals surface area contributed by atoms with Crippen molar-refractivity contribution >= 4 is 10.0 Å². The highest BCUT2D eigenvalue weighted by Crippen LogP contribution is 2.27. The molecule has 1 aliphatic rings. The SMILES string of the molecule is CCOc1ccc(S(=O)(=O)N2CC[C@@H](Oc3ccc(C)cn3)C2)cc1F. The van der Waals surface area contributed by atoms with Crippen LogP contribution in [0.15, 0.2) is 41.4 Å². The number of nitrogens with zero attached hydrogens (tertiary/aromatic N) is 2. The molecule has 3 rings (SSSR count). The third-order valence-corrected chi connectivity index (χ3v) is 5.98. The van der Waals surface area contributed by atoms with Crippen molar-refractivity contribution in [1.29, 1.82) is 0 Å². The smallest absolute Gasteiger partial charge is 0.243 e. The molecule has 1 aromatic carbocycles. The molecule has 0 amide bonds. The monoisotopic (exact) mass is 380 g/mol. The molecule has 0 bridgehead atoms. The Kier molecular flexibility index (Phi) is 5.43. The van der Waals surface area contributed by atoms with E-state index in [2.05, 4.69) is 4.98 Å². The van der Waals surface area contributed by atoms with Gasteiger partial charge in [-0.3, -0.25) is 0 Å². The molecule has 1 saturated heterocycles. The molecule has 0 N–H and O–H groups in total. The molecule has 1 aromatic heterocycles. The topological polar surface area (TPSA) is 68.7 Å². The number of halogens is 1. The van der Waals surface area contributed by atoms with Gasteiger partial charge in [0.1, 0.15) is 6.10 Å². The van der Waals surface area contributed by atoms with E-state index in [0.717, 1.165) is 11.6 Å². The molecule has 2 aromatic rings. The molecule has 0 spiro atoms. The summed E-state index contributed by atoms with van der Waals surface area (Å²) in [7, 11) is -3.79. The maximum Gasteiger partial charge on any atom is 0.243 e. The van der Waals surface area contributed by atoms with Crippen molar-refractivity contribution in [2.45, 2.75) is 31.3 Å². The fourth-order valence-electron chi connectivity index (χ4n) is 2.77. The van der Waals surface area contributed by atoms with E-state index in [1.54, 1.807) is 19.2 Å². The van der Waals surface area contributed by atoms with Crippen LogP contribution in [-0.2, 0) is 10.0 Å². The summed E-state index contributed by atoms with van der Waals surface area (Å²) in [5.41, 5.74) is 1.02. The van der Waals surface area contributed by atoms with Crippen LogP contribution in [0.25, 0.3) is 0 Å². The van der Waals surface area contributed by atoms with Crippen LogP contribution in [0.1, 0.15) is 18.9 Å². The van der Waals surface area contributed by atoms with Crippen LogP contribution < -0.4 is 9.47 Å². The molecule has 1 aliphatic heterocycles. The predicted octanol–water partition coefficient (Wildman–Crippen LogP) is 2.77. The summed E-state index contributed by atoms with van der Waals surface area (Å²) < 4.78 is 51.7. The minimum absolute atomic E-state index is 0.0412. The van der Waals surface area contributed by atoms with Gasteiger partial charge >= 0.3 is 0 Å². The average Bonchev–Trinajstić information content (AvgIpc) is 3.08. The van der Waals surface area contributed by atoms with Crippen molar-refractivity contribution in [3.63, 3.8) is 0 Å². The van der Waals surface area contributed by atoms with E-state index >= 15 is 0 Å². The first-order chi connectivity index (χ1) is 12.4. The van der Waals surface area contributed by atoms with Crippen LogP contribution in [0.3, 0.4) is 0 Å². The summed E-state index contributed by atoms with van der Waals surface area (Å²) in [5.74, 6) is -0.185. The van der Waals surface area contributed by atoms with E-state index in [9.17, 15) is 12.8 Å². The van der Waals surface area contributed by atoms with Gasteiger partial charge in [0.05, 0.1) is 18.0 Å². The van der Waals surface area contributed by atoms with Gasteiger partial charge in [0.15, 0.2) is 11.6 Å². The van der Waals surface area contributed by atoms with E-state index in [-0.39, 0.29) is 23.3 Å². The lowest BCUT2D eigenvalue weighted by molar-refractivity contribution is 0.207. The molecule has 0 radical (unpaired) electrons. The van der Waals surface area contributed by atoms with Crippen LogP contribution in [0.5, 0.6) is 11.6 Å². The summed E-state index contributed by atoms with van der Waals surface area (Å²) in [4.78, 5) is 4.08.